The Morgan fingerprint density at radius 1 is 1.35 bits per heavy atom. The predicted molar refractivity (Wildman–Crippen MR) is 73.2 cm³/mol. The molecule has 0 aliphatic heterocycles. The first-order valence-corrected chi connectivity index (χ1v) is 6.56. The lowest BCUT2D eigenvalue weighted by Gasteiger charge is -2.16. The molecule has 1 rings (SSSR count). The Balaban J connectivity index is 2.29. The van der Waals surface area contributed by atoms with E-state index in [-0.39, 0.29) is 0 Å². The first-order valence-electron chi connectivity index (χ1n) is 5.76. The van der Waals surface area contributed by atoms with Gasteiger partial charge in [0, 0.05) is 24.2 Å². The van der Waals surface area contributed by atoms with Crippen molar-refractivity contribution < 1.29 is 9.84 Å². The van der Waals surface area contributed by atoms with E-state index in [1.807, 2.05) is 12.1 Å². The minimum atomic E-state index is -0.438. The van der Waals surface area contributed by atoms with Gasteiger partial charge in [-0.1, -0.05) is 28.1 Å². The summed E-state index contributed by atoms with van der Waals surface area (Å²) in [5, 5.41) is 12.8. The standard InChI is InChI=1S/C13H20BrNO2/c1-10(15-8-13(16)9-17-2)7-11-3-5-12(14)6-4-11/h3-6,10,13,15-16H,7-9H2,1-2H3. The molecule has 2 unspecified atom stereocenters. The Bertz CT molecular complexity index is 316. The van der Waals surface area contributed by atoms with E-state index in [0.717, 1.165) is 10.9 Å². The number of ether oxygens (including phenoxy) is 1. The number of aliphatic hydroxyl groups is 1. The van der Waals surface area contributed by atoms with Gasteiger partial charge in [0.15, 0.2) is 0 Å². The van der Waals surface area contributed by atoms with Gasteiger partial charge in [-0.25, -0.2) is 0 Å². The van der Waals surface area contributed by atoms with Gasteiger partial charge in [-0.15, -0.1) is 0 Å². The van der Waals surface area contributed by atoms with Crippen molar-refractivity contribution in [1.29, 1.82) is 0 Å². The van der Waals surface area contributed by atoms with Crippen LogP contribution < -0.4 is 5.32 Å². The van der Waals surface area contributed by atoms with E-state index in [1.165, 1.54) is 5.56 Å². The van der Waals surface area contributed by atoms with Crippen molar-refractivity contribution in [3.63, 3.8) is 0 Å². The maximum atomic E-state index is 9.51. The number of halogens is 1. The van der Waals surface area contributed by atoms with Crippen LogP contribution in [0.5, 0.6) is 0 Å². The third kappa shape index (κ3) is 6.17. The maximum Gasteiger partial charge on any atom is 0.0897 e. The molecule has 17 heavy (non-hydrogen) atoms. The van der Waals surface area contributed by atoms with E-state index in [1.54, 1.807) is 7.11 Å². The zero-order valence-electron chi connectivity index (χ0n) is 10.3. The van der Waals surface area contributed by atoms with Gasteiger partial charge in [0.05, 0.1) is 12.7 Å². The summed E-state index contributed by atoms with van der Waals surface area (Å²) in [5.41, 5.74) is 1.29. The number of aliphatic hydroxyl groups excluding tert-OH is 1. The lowest BCUT2D eigenvalue weighted by Crippen LogP contribution is -2.36. The van der Waals surface area contributed by atoms with Crippen LogP contribution in [0.15, 0.2) is 28.7 Å². The molecule has 1 aromatic rings. The number of nitrogens with one attached hydrogen (secondary N) is 1. The Morgan fingerprint density at radius 2 is 2.00 bits per heavy atom. The maximum absolute atomic E-state index is 9.51. The predicted octanol–water partition coefficient (Wildman–Crippen LogP) is 1.98. The van der Waals surface area contributed by atoms with Crippen LogP contribution in [0.3, 0.4) is 0 Å². The molecular weight excluding hydrogens is 282 g/mol. The highest BCUT2D eigenvalue weighted by Crippen LogP contribution is 2.11. The van der Waals surface area contributed by atoms with Crippen molar-refractivity contribution in [2.45, 2.75) is 25.5 Å². The molecule has 0 saturated heterocycles. The van der Waals surface area contributed by atoms with Crippen molar-refractivity contribution in [3.05, 3.63) is 34.3 Å². The van der Waals surface area contributed by atoms with Crippen LogP contribution in [0, 0.1) is 0 Å². The molecule has 0 spiro atoms. The van der Waals surface area contributed by atoms with E-state index in [9.17, 15) is 5.11 Å². The van der Waals surface area contributed by atoms with E-state index in [2.05, 4.69) is 40.3 Å². The SMILES string of the molecule is COCC(O)CNC(C)Cc1ccc(Br)cc1. The van der Waals surface area contributed by atoms with Gasteiger partial charge >= 0.3 is 0 Å². The summed E-state index contributed by atoms with van der Waals surface area (Å²) in [4.78, 5) is 0. The normalized spacial score (nSPS) is 14.6. The molecule has 96 valence electrons. The summed E-state index contributed by atoms with van der Waals surface area (Å²) in [5.74, 6) is 0. The minimum absolute atomic E-state index is 0.336. The fourth-order valence-electron chi connectivity index (χ4n) is 1.63. The molecule has 0 aliphatic rings. The molecule has 0 radical (unpaired) electrons. The monoisotopic (exact) mass is 301 g/mol. The third-order valence-electron chi connectivity index (χ3n) is 2.52. The van der Waals surface area contributed by atoms with Crippen molar-refractivity contribution in [1.82, 2.24) is 5.32 Å². The third-order valence-corrected chi connectivity index (χ3v) is 3.04. The number of rotatable bonds is 7. The van der Waals surface area contributed by atoms with Gasteiger partial charge in [0.2, 0.25) is 0 Å². The largest absolute Gasteiger partial charge is 0.389 e. The van der Waals surface area contributed by atoms with Crippen molar-refractivity contribution >= 4 is 15.9 Å². The number of methoxy groups -OCH3 is 1. The van der Waals surface area contributed by atoms with Crippen LogP contribution in [0.2, 0.25) is 0 Å². The average molecular weight is 302 g/mol. The molecule has 0 saturated carbocycles. The molecule has 1 aromatic carbocycles. The molecule has 3 nitrogen and oxygen atoms in total. The summed E-state index contributed by atoms with van der Waals surface area (Å²) in [6.45, 7) is 3.05. The van der Waals surface area contributed by atoms with Crippen molar-refractivity contribution in [2.75, 3.05) is 20.3 Å². The topological polar surface area (TPSA) is 41.5 Å². The summed E-state index contributed by atoms with van der Waals surface area (Å²) < 4.78 is 5.97. The summed E-state index contributed by atoms with van der Waals surface area (Å²) in [7, 11) is 1.59. The van der Waals surface area contributed by atoms with Gasteiger partial charge in [-0.3, -0.25) is 0 Å². The molecule has 2 atom stereocenters. The molecule has 0 heterocycles. The average Bonchev–Trinajstić information content (AvgIpc) is 2.30. The van der Waals surface area contributed by atoms with E-state index >= 15 is 0 Å². The molecule has 0 aromatic heterocycles. The molecule has 4 heteroatoms. The van der Waals surface area contributed by atoms with E-state index in [0.29, 0.717) is 19.2 Å². The minimum Gasteiger partial charge on any atom is -0.389 e. The Hall–Kier alpha value is -0.420. The fraction of sp³-hybridized carbons (Fsp3) is 0.538. The summed E-state index contributed by atoms with van der Waals surface area (Å²) in [6, 6.07) is 8.63. The van der Waals surface area contributed by atoms with Crippen LogP contribution in [-0.2, 0) is 11.2 Å². The molecule has 0 amide bonds. The van der Waals surface area contributed by atoms with Crippen LogP contribution >= 0.6 is 15.9 Å². The molecule has 0 bridgehead atoms. The zero-order chi connectivity index (χ0) is 12.7. The lowest BCUT2D eigenvalue weighted by molar-refractivity contribution is 0.0631. The van der Waals surface area contributed by atoms with Crippen molar-refractivity contribution in [3.8, 4) is 0 Å². The van der Waals surface area contributed by atoms with Gasteiger partial charge in [0.25, 0.3) is 0 Å². The Kier molecular flexibility index (Phi) is 6.73. The lowest BCUT2D eigenvalue weighted by atomic mass is 10.1. The van der Waals surface area contributed by atoms with Crippen LogP contribution in [0.1, 0.15) is 12.5 Å². The Labute approximate surface area is 111 Å². The number of hydrogen-bond donors (Lipinski definition) is 2. The fourth-order valence-corrected chi connectivity index (χ4v) is 1.90. The quantitative estimate of drug-likeness (QED) is 0.809. The van der Waals surface area contributed by atoms with Gasteiger partial charge < -0.3 is 15.2 Å². The molecular formula is C13H20BrNO2. The van der Waals surface area contributed by atoms with Gasteiger partial charge in [-0.05, 0) is 31.0 Å². The first-order chi connectivity index (χ1) is 8.11. The molecule has 0 aliphatic carbocycles. The molecule has 0 fully saturated rings. The zero-order valence-corrected chi connectivity index (χ0v) is 11.9. The Morgan fingerprint density at radius 3 is 2.59 bits per heavy atom. The van der Waals surface area contributed by atoms with Crippen molar-refractivity contribution in [2.24, 2.45) is 0 Å². The number of benzene rings is 1. The number of hydrogen-bond acceptors (Lipinski definition) is 3. The van der Waals surface area contributed by atoms with Crippen LogP contribution in [0.4, 0.5) is 0 Å². The highest BCUT2D eigenvalue weighted by molar-refractivity contribution is 9.10. The summed E-state index contributed by atoms with van der Waals surface area (Å²) >= 11 is 3.42. The smallest absolute Gasteiger partial charge is 0.0897 e. The first kappa shape index (κ1) is 14.6. The second-order valence-electron chi connectivity index (χ2n) is 4.25. The van der Waals surface area contributed by atoms with E-state index in [4.69, 9.17) is 4.74 Å². The van der Waals surface area contributed by atoms with E-state index < -0.39 is 6.10 Å². The van der Waals surface area contributed by atoms with Gasteiger partial charge in [-0.2, -0.15) is 0 Å². The molecule has 2 N–H and O–H groups in total. The highest BCUT2D eigenvalue weighted by Gasteiger charge is 2.07. The highest BCUT2D eigenvalue weighted by atomic mass is 79.9. The van der Waals surface area contributed by atoms with Crippen LogP contribution in [0.25, 0.3) is 0 Å². The second kappa shape index (κ2) is 7.82. The van der Waals surface area contributed by atoms with Gasteiger partial charge in [0.1, 0.15) is 0 Å². The summed E-state index contributed by atoms with van der Waals surface area (Å²) in [6.07, 6.45) is 0.514. The second-order valence-corrected chi connectivity index (χ2v) is 5.16. The van der Waals surface area contributed by atoms with Crippen LogP contribution in [-0.4, -0.2) is 37.5 Å².